The lowest BCUT2D eigenvalue weighted by molar-refractivity contribution is 0.629. The molecule has 0 amide bonds. The normalized spacial score (nSPS) is 10.3. The zero-order chi connectivity index (χ0) is 12.4. The van der Waals surface area contributed by atoms with Crippen LogP contribution in [0.1, 0.15) is 5.56 Å². The fourth-order valence-electron chi connectivity index (χ4n) is 1.52. The molecule has 0 heterocycles. The van der Waals surface area contributed by atoms with Gasteiger partial charge in [0, 0.05) is 5.69 Å². The third-order valence-corrected chi connectivity index (χ3v) is 2.83. The maximum absolute atomic E-state index is 13.3. The summed E-state index contributed by atoms with van der Waals surface area (Å²) in [7, 11) is 0. The van der Waals surface area contributed by atoms with E-state index in [0.717, 1.165) is 11.3 Å². The number of rotatable bonds is 2. The van der Waals surface area contributed by atoms with Gasteiger partial charge in [-0.2, -0.15) is 0 Å². The number of hydrogen-bond acceptors (Lipinski definition) is 2. The number of benzene rings is 2. The predicted molar refractivity (Wildman–Crippen MR) is 70.3 cm³/mol. The average molecular weight is 251 g/mol. The molecule has 0 radical (unpaired) electrons. The minimum atomic E-state index is -0.456. The second-order valence-corrected chi connectivity index (χ2v) is 4.20. The molecule has 0 aliphatic rings. The van der Waals surface area contributed by atoms with E-state index in [1.807, 2.05) is 25.1 Å². The average Bonchev–Trinajstić information content (AvgIpc) is 2.30. The van der Waals surface area contributed by atoms with Crippen molar-refractivity contribution in [3.05, 3.63) is 52.8 Å². The van der Waals surface area contributed by atoms with E-state index in [9.17, 15) is 4.39 Å². The van der Waals surface area contributed by atoms with Crippen LogP contribution in [-0.4, -0.2) is 0 Å². The third kappa shape index (κ3) is 2.50. The first-order valence-corrected chi connectivity index (χ1v) is 5.53. The number of anilines is 3. The molecule has 0 fully saturated rings. The highest BCUT2D eigenvalue weighted by molar-refractivity contribution is 6.30. The van der Waals surface area contributed by atoms with Crippen LogP contribution in [0.25, 0.3) is 0 Å². The Hall–Kier alpha value is -1.74. The lowest BCUT2D eigenvalue weighted by Crippen LogP contribution is -1.98. The van der Waals surface area contributed by atoms with Gasteiger partial charge in [0.2, 0.25) is 0 Å². The van der Waals surface area contributed by atoms with Gasteiger partial charge >= 0.3 is 0 Å². The molecule has 0 atom stereocenters. The number of para-hydroxylation sites is 1. The number of nitrogen functional groups attached to an aromatic ring is 1. The minimum Gasteiger partial charge on any atom is -0.397 e. The summed E-state index contributed by atoms with van der Waals surface area (Å²) in [6.45, 7) is 1.92. The van der Waals surface area contributed by atoms with E-state index >= 15 is 0 Å². The molecule has 0 unspecified atom stereocenters. The number of aryl methyl sites for hydroxylation is 1. The van der Waals surface area contributed by atoms with Gasteiger partial charge in [0.15, 0.2) is 0 Å². The Morgan fingerprint density at radius 3 is 2.71 bits per heavy atom. The molecular formula is C13H12ClFN2. The van der Waals surface area contributed by atoms with Crippen LogP contribution in [0, 0.1) is 12.7 Å². The summed E-state index contributed by atoms with van der Waals surface area (Å²) in [6, 6.07) is 10.2. The summed E-state index contributed by atoms with van der Waals surface area (Å²) >= 11 is 5.61. The first-order chi connectivity index (χ1) is 8.08. The van der Waals surface area contributed by atoms with E-state index in [-0.39, 0.29) is 5.02 Å². The molecule has 0 aliphatic carbocycles. The highest BCUT2D eigenvalue weighted by atomic mass is 35.5. The Balaban J connectivity index is 2.31. The Morgan fingerprint density at radius 1 is 1.24 bits per heavy atom. The number of halogens is 2. The largest absolute Gasteiger partial charge is 0.397 e. The molecule has 17 heavy (non-hydrogen) atoms. The molecular weight excluding hydrogens is 239 g/mol. The Labute approximate surface area is 104 Å². The van der Waals surface area contributed by atoms with Crippen molar-refractivity contribution in [3.8, 4) is 0 Å². The number of nitrogens with one attached hydrogen (secondary N) is 1. The van der Waals surface area contributed by atoms with E-state index < -0.39 is 5.82 Å². The number of nitrogens with two attached hydrogens (primary N) is 1. The van der Waals surface area contributed by atoms with Crippen LogP contribution in [0.3, 0.4) is 0 Å². The number of hydrogen-bond donors (Lipinski definition) is 2. The van der Waals surface area contributed by atoms with Crippen molar-refractivity contribution in [1.29, 1.82) is 0 Å². The second-order valence-electron chi connectivity index (χ2n) is 3.79. The highest BCUT2D eigenvalue weighted by Gasteiger charge is 2.04. The SMILES string of the molecule is Cc1cccc(Nc2ccc(Cl)c(F)c2)c1N. The zero-order valence-electron chi connectivity index (χ0n) is 9.30. The van der Waals surface area contributed by atoms with Crippen LogP contribution >= 0.6 is 11.6 Å². The Kier molecular flexibility index (Phi) is 3.20. The smallest absolute Gasteiger partial charge is 0.143 e. The van der Waals surface area contributed by atoms with E-state index in [1.54, 1.807) is 6.07 Å². The molecule has 0 aromatic heterocycles. The van der Waals surface area contributed by atoms with Crippen molar-refractivity contribution in [2.24, 2.45) is 0 Å². The summed E-state index contributed by atoms with van der Waals surface area (Å²) in [6.07, 6.45) is 0. The molecule has 0 bridgehead atoms. The molecule has 2 aromatic rings. The molecule has 2 nitrogen and oxygen atoms in total. The van der Waals surface area contributed by atoms with Crippen molar-refractivity contribution in [2.45, 2.75) is 6.92 Å². The van der Waals surface area contributed by atoms with Gasteiger partial charge in [0.25, 0.3) is 0 Å². The fraction of sp³-hybridized carbons (Fsp3) is 0.0769. The van der Waals surface area contributed by atoms with Crippen molar-refractivity contribution in [3.63, 3.8) is 0 Å². The maximum atomic E-state index is 13.3. The lowest BCUT2D eigenvalue weighted by atomic mass is 10.1. The topological polar surface area (TPSA) is 38.0 Å². The van der Waals surface area contributed by atoms with Gasteiger partial charge in [-0.15, -0.1) is 0 Å². The first-order valence-electron chi connectivity index (χ1n) is 5.15. The first kappa shape index (κ1) is 11.7. The molecule has 0 spiro atoms. The highest BCUT2D eigenvalue weighted by Crippen LogP contribution is 2.27. The van der Waals surface area contributed by atoms with E-state index in [1.165, 1.54) is 12.1 Å². The zero-order valence-corrected chi connectivity index (χ0v) is 10.1. The monoisotopic (exact) mass is 250 g/mol. The van der Waals surface area contributed by atoms with Crippen LogP contribution in [0.5, 0.6) is 0 Å². The summed E-state index contributed by atoms with van der Waals surface area (Å²) < 4.78 is 13.3. The molecule has 0 saturated carbocycles. The van der Waals surface area contributed by atoms with Gasteiger partial charge in [0.05, 0.1) is 16.4 Å². The predicted octanol–water partition coefficient (Wildman–Crippen LogP) is 4.11. The van der Waals surface area contributed by atoms with E-state index in [2.05, 4.69) is 5.32 Å². The quantitative estimate of drug-likeness (QED) is 0.787. The van der Waals surface area contributed by atoms with Gasteiger partial charge < -0.3 is 11.1 Å². The van der Waals surface area contributed by atoms with E-state index in [4.69, 9.17) is 17.3 Å². The van der Waals surface area contributed by atoms with Gasteiger partial charge in [-0.25, -0.2) is 4.39 Å². The van der Waals surface area contributed by atoms with Crippen LogP contribution in [0.4, 0.5) is 21.5 Å². The molecule has 88 valence electrons. The lowest BCUT2D eigenvalue weighted by Gasteiger charge is -2.11. The minimum absolute atomic E-state index is 0.104. The van der Waals surface area contributed by atoms with Gasteiger partial charge in [-0.1, -0.05) is 23.7 Å². The summed E-state index contributed by atoms with van der Waals surface area (Å²) in [5.41, 5.74) is 8.92. The molecule has 2 aromatic carbocycles. The van der Waals surface area contributed by atoms with Crippen molar-refractivity contribution in [2.75, 3.05) is 11.1 Å². The van der Waals surface area contributed by atoms with Crippen LogP contribution in [-0.2, 0) is 0 Å². The summed E-state index contributed by atoms with van der Waals surface area (Å²) in [4.78, 5) is 0. The standard InChI is InChI=1S/C13H12ClFN2/c1-8-3-2-4-12(13(8)16)17-9-5-6-10(14)11(15)7-9/h2-7,17H,16H2,1H3. The van der Waals surface area contributed by atoms with Crippen LogP contribution in [0.15, 0.2) is 36.4 Å². The summed E-state index contributed by atoms with van der Waals surface area (Å²) in [5.74, 6) is -0.456. The third-order valence-electron chi connectivity index (χ3n) is 2.52. The van der Waals surface area contributed by atoms with E-state index in [0.29, 0.717) is 11.4 Å². The molecule has 3 N–H and O–H groups in total. The summed E-state index contributed by atoms with van der Waals surface area (Å²) in [5, 5.41) is 3.16. The van der Waals surface area contributed by atoms with Crippen molar-refractivity contribution >= 4 is 28.7 Å². The maximum Gasteiger partial charge on any atom is 0.143 e. The van der Waals surface area contributed by atoms with Crippen LogP contribution in [0.2, 0.25) is 5.02 Å². The van der Waals surface area contributed by atoms with Gasteiger partial charge in [0.1, 0.15) is 5.82 Å². The molecule has 0 saturated heterocycles. The second kappa shape index (κ2) is 4.63. The van der Waals surface area contributed by atoms with Crippen molar-refractivity contribution in [1.82, 2.24) is 0 Å². The van der Waals surface area contributed by atoms with Crippen molar-refractivity contribution < 1.29 is 4.39 Å². The van der Waals surface area contributed by atoms with Gasteiger partial charge in [-0.05, 0) is 36.8 Å². The van der Waals surface area contributed by atoms with Gasteiger partial charge in [-0.3, -0.25) is 0 Å². The molecule has 2 rings (SSSR count). The molecule has 0 aliphatic heterocycles. The Bertz CT molecular complexity index is 555. The van der Waals surface area contributed by atoms with Crippen LogP contribution < -0.4 is 11.1 Å². The fourth-order valence-corrected chi connectivity index (χ4v) is 1.64. The molecule has 4 heteroatoms. The Morgan fingerprint density at radius 2 is 2.00 bits per heavy atom.